The number of likely N-dealkylation sites (tertiary alicyclic amines) is 1. The van der Waals surface area contributed by atoms with Crippen molar-refractivity contribution in [2.24, 2.45) is 0 Å². The maximum Gasteiger partial charge on any atom is 0.262 e. The number of hydrogen-bond donors (Lipinski definition) is 1. The number of sulfonamides is 1. The molecule has 0 spiro atoms. The average Bonchev–Trinajstić information content (AvgIpc) is 2.86. The maximum atomic E-state index is 13.9. The third-order valence-electron chi connectivity index (χ3n) is 5.00. The molecule has 3 rings (SSSR count). The Bertz CT molecular complexity index is 795. The fourth-order valence-corrected chi connectivity index (χ4v) is 4.30. The molecule has 1 aromatic carbocycles. The molecule has 0 aromatic heterocycles. The van der Waals surface area contributed by atoms with E-state index in [2.05, 4.69) is 5.32 Å². The maximum absolute atomic E-state index is 13.9. The van der Waals surface area contributed by atoms with E-state index in [4.69, 9.17) is 4.74 Å². The average molecular weight is 403 g/mol. The number of ether oxygens (including phenoxy) is 1. The van der Waals surface area contributed by atoms with Gasteiger partial charge in [0.25, 0.3) is 5.92 Å². The van der Waals surface area contributed by atoms with E-state index < -0.39 is 40.9 Å². The normalized spacial score (nSPS) is 23.8. The van der Waals surface area contributed by atoms with Gasteiger partial charge in [-0.2, -0.15) is 4.31 Å². The van der Waals surface area contributed by atoms with Crippen LogP contribution in [0.2, 0.25) is 0 Å². The van der Waals surface area contributed by atoms with Crippen molar-refractivity contribution in [2.45, 2.75) is 31.0 Å². The summed E-state index contributed by atoms with van der Waals surface area (Å²) in [5.74, 6) is -2.75. The highest BCUT2D eigenvalue weighted by atomic mass is 32.2. The van der Waals surface area contributed by atoms with Gasteiger partial charge in [0, 0.05) is 32.1 Å². The summed E-state index contributed by atoms with van der Waals surface area (Å²) in [6.07, 6.45) is 0.525. The lowest BCUT2D eigenvalue weighted by Gasteiger charge is -2.44. The molecule has 1 aromatic rings. The van der Waals surface area contributed by atoms with E-state index in [1.807, 2.05) is 0 Å². The van der Waals surface area contributed by atoms with Crippen molar-refractivity contribution >= 4 is 15.9 Å². The van der Waals surface area contributed by atoms with Crippen LogP contribution in [0.3, 0.4) is 0 Å². The molecule has 2 aliphatic heterocycles. The van der Waals surface area contributed by atoms with Crippen LogP contribution in [0.4, 0.5) is 8.78 Å². The molecule has 0 unspecified atom stereocenters. The van der Waals surface area contributed by atoms with Crippen LogP contribution in [0.1, 0.15) is 12.0 Å². The Morgan fingerprint density at radius 3 is 2.48 bits per heavy atom. The lowest BCUT2D eigenvalue weighted by Crippen LogP contribution is -2.63. The Morgan fingerprint density at radius 2 is 1.93 bits per heavy atom. The zero-order valence-electron chi connectivity index (χ0n) is 15.2. The number of nitrogens with zero attached hydrogens (tertiary/aromatic N) is 2. The van der Waals surface area contributed by atoms with E-state index in [0.717, 1.165) is 11.8 Å². The number of carbonyl (C=O) groups excluding carboxylic acids is 1. The molecular weight excluding hydrogens is 380 g/mol. The van der Waals surface area contributed by atoms with Gasteiger partial charge in [0.05, 0.1) is 26.0 Å². The molecule has 2 heterocycles. The van der Waals surface area contributed by atoms with Crippen LogP contribution in [-0.4, -0.2) is 74.5 Å². The highest BCUT2D eigenvalue weighted by Gasteiger charge is 2.52. The molecule has 1 atom stereocenters. The minimum Gasteiger partial charge on any atom is -0.497 e. The molecule has 0 aliphatic carbocycles. The number of amides is 1. The van der Waals surface area contributed by atoms with Gasteiger partial charge < -0.3 is 10.1 Å². The van der Waals surface area contributed by atoms with Gasteiger partial charge in [0.15, 0.2) is 0 Å². The van der Waals surface area contributed by atoms with Gasteiger partial charge >= 0.3 is 0 Å². The second-order valence-corrected chi connectivity index (χ2v) is 9.03. The summed E-state index contributed by atoms with van der Waals surface area (Å²) in [6.45, 7) is -0.0386. The molecule has 2 fully saturated rings. The van der Waals surface area contributed by atoms with Crippen LogP contribution in [0, 0.1) is 0 Å². The summed E-state index contributed by atoms with van der Waals surface area (Å²) in [7, 11) is -1.79. The summed E-state index contributed by atoms with van der Waals surface area (Å²) >= 11 is 0. The topological polar surface area (TPSA) is 79.0 Å². The Morgan fingerprint density at radius 1 is 1.30 bits per heavy atom. The standard InChI is InChI=1S/C17H23F2N3O4S/c1-26-14-5-3-12(4-6-14)8-20-16(23)15-7-17(18,19)11-22(15)13-9-21(10-13)27(2,24)25/h3-6,13,15H,7-11H2,1-2H3,(H,20,23)/t15-/m0/s1. The molecule has 0 radical (unpaired) electrons. The lowest BCUT2D eigenvalue weighted by molar-refractivity contribution is -0.127. The van der Waals surface area contributed by atoms with Crippen molar-refractivity contribution in [1.29, 1.82) is 0 Å². The molecular formula is C17H23F2N3O4S. The van der Waals surface area contributed by atoms with Crippen molar-refractivity contribution in [3.05, 3.63) is 29.8 Å². The van der Waals surface area contributed by atoms with E-state index >= 15 is 0 Å². The first-order chi connectivity index (χ1) is 12.6. The number of hydrogen-bond acceptors (Lipinski definition) is 5. The minimum absolute atomic E-state index is 0.136. The second kappa shape index (κ2) is 7.33. The number of methoxy groups -OCH3 is 1. The molecule has 10 heteroatoms. The summed E-state index contributed by atoms with van der Waals surface area (Å²) in [5, 5.41) is 2.70. The van der Waals surface area contributed by atoms with Gasteiger partial charge in [-0.05, 0) is 17.7 Å². The monoisotopic (exact) mass is 403 g/mol. The zero-order valence-corrected chi connectivity index (χ0v) is 16.0. The molecule has 1 amide bonds. The molecule has 150 valence electrons. The first kappa shape index (κ1) is 20.0. The van der Waals surface area contributed by atoms with Crippen LogP contribution in [0.5, 0.6) is 5.75 Å². The molecule has 0 saturated carbocycles. The fraction of sp³-hybridized carbons (Fsp3) is 0.588. The van der Waals surface area contributed by atoms with Crippen molar-refractivity contribution in [3.63, 3.8) is 0 Å². The largest absolute Gasteiger partial charge is 0.497 e. The van der Waals surface area contributed by atoms with Gasteiger partial charge in [0.2, 0.25) is 15.9 Å². The van der Waals surface area contributed by atoms with Crippen LogP contribution in [0.15, 0.2) is 24.3 Å². The van der Waals surface area contributed by atoms with Crippen LogP contribution < -0.4 is 10.1 Å². The van der Waals surface area contributed by atoms with Crippen molar-refractivity contribution < 1.29 is 26.7 Å². The Balaban J connectivity index is 1.61. The quantitative estimate of drug-likeness (QED) is 0.755. The van der Waals surface area contributed by atoms with Gasteiger partial charge in [-0.15, -0.1) is 0 Å². The van der Waals surface area contributed by atoms with E-state index in [9.17, 15) is 22.0 Å². The van der Waals surface area contributed by atoms with E-state index in [1.165, 1.54) is 9.21 Å². The zero-order chi connectivity index (χ0) is 19.8. The third kappa shape index (κ3) is 4.56. The molecule has 27 heavy (non-hydrogen) atoms. The number of benzene rings is 1. The predicted molar refractivity (Wildman–Crippen MR) is 95.1 cm³/mol. The Hall–Kier alpha value is -1.78. The summed E-state index contributed by atoms with van der Waals surface area (Å²) in [5.41, 5.74) is 0.826. The summed E-state index contributed by atoms with van der Waals surface area (Å²) < 4.78 is 57.1. The molecule has 1 N–H and O–H groups in total. The number of rotatable bonds is 6. The van der Waals surface area contributed by atoms with Crippen molar-refractivity contribution in [2.75, 3.05) is 33.0 Å². The van der Waals surface area contributed by atoms with Gasteiger partial charge in [-0.1, -0.05) is 12.1 Å². The number of nitrogens with one attached hydrogen (secondary N) is 1. The van der Waals surface area contributed by atoms with Gasteiger partial charge in [-0.25, -0.2) is 17.2 Å². The van der Waals surface area contributed by atoms with Crippen LogP contribution >= 0.6 is 0 Å². The number of carbonyl (C=O) groups is 1. The van der Waals surface area contributed by atoms with E-state index in [-0.39, 0.29) is 25.7 Å². The smallest absolute Gasteiger partial charge is 0.262 e. The van der Waals surface area contributed by atoms with Gasteiger partial charge in [-0.3, -0.25) is 9.69 Å². The third-order valence-corrected chi connectivity index (χ3v) is 6.24. The molecule has 7 nitrogen and oxygen atoms in total. The Labute approximate surface area is 157 Å². The lowest BCUT2D eigenvalue weighted by atomic mass is 10.1. The highest BCUT2D eigenvalue weighted by Crippen LogP contribution is 2.36. The SMILES string of the molecule is COc1ccc(CNC(=O)[C@@H]2CC(F)(F)CN2C2CN(S(C)(=O)=O)C2)cc1. The van der Waals surface area contributed by atoms with Crippen molar-refractivity contribution in [1.82, 2.24) is 14.5 Å². The number of halogens is 2. The highest BCUT2D eigenvalue weighted by molar-refractivity contribution is 7.88. The predicted octanol–water partition coefficient (Wildman–Crippen LogP) is 0.665. The minimum atomic E-state index is -3.34. The van der Waals surface area contributed by atoms with Crippen LogP contribution in [-0.2, 0) is 21.4 Å². The van der Waals surface area contributed by atoms with E-state index in [1.54, 1.807) is 31.4 Å². The first-order valence-corrected chi connectivity index (χ1v) is 10.4. The fourth-order valence-electron chi connectivity index (χ4n) is 3.42. The van der Waals surface area contributed by atoms with Crippen molar-refractivity contribution in [3.8, 4) is 5.75 Å². The Kier molecular flexibility index (Phi) is 5.42. The van der Waals surface area contributed by atoms with E-state index in [0.29, 0.717) is 5.75 Å². The first-order valence-electron chi connectivity index (χ1n) is 8.58. The van der Waals surface area contributed by atoms with Gasteiger partial charge in [0.1, 0.15) is 5.75 Å². The molecule has 0 bridgehead atoms. The van der Waals surface area contributed by atoms with Crippen LogP contribution in [0.25, 0.3) is 0 Å². The summed E-state index contributed by atoms with van der Waals surface area (Å²) in [4.78, 5) is 14.0. The summed E-state index contributed by atoms with van der Waals surface area (Å²) in [6, 6.07) is 5.75. The molecule has 2 saturated heterocycles. The molecule has 2 aliphatic rings. The second-order valence-electron chi connectivity index (χ2n) is 7.05. The number of alkyl halides is 2.